The first kappa shape index (κ1) is 23.1. The molecule has 7 heteroatoms. The number of benzene rings is 1. The van der Waals surface area contributed by atoms with Gasteiger partial charge in [0.05, 0.1) is 16.0 Å². The van der Waals surface area contributed by atoms with Gasteiger partial charge < -0.3 is 16.2 Å². The Labute approximate surface area is 191 Å². The zero-order chi connectivity index (χ0) is 22.2. The van der Waals surface area contributed by atoms with Gasteiger partial charge >= 0.3 is 0 Å². The van der Waals surface area contributed by atoms with Gasteiger partial charge in [-0.25, -0.2) is 4.98 Å². The highest BCUT2D eigenvalue weighted by Crippen LogP contribution is 2.44. The van der Waals surface area contributed by atoms with Crippen molar-refractivity contribution in [3.63, 3.8) is 0 Å². The monoisotopic (exact) mass is 455 g/mol. The van der Waals surface area contributed by atoms with Crippen molar-refractivity contribution in [2.24, 2.45) is 5.73 Å². The van der Waals surface area contributed by atoms with Gasteiger partial charge in [0.1, 0.15) is 10.7 Å². The molecule has 0 unspecified atom stereocenters. The first-order chi connectivity index (χ1) is 15.1. The third kappa shape index (κ3) is 5.56. The van der Waals surface area contributed by atoms with E-state index in [9.17, 15) is 0 Å². The number of aromatic nitrogens is 1. The minimum absolute atomic E-state index is 0.190. The topological polar surface area (TPSA) is 88.2 Å². The van der Waals surface area contributed by atoms with E-state index >= 15 is 0 Å². The van der Waals surface area contributed by atoms with Crippen molar-refractivity contribution < 1.29 is 9.90 Å². The molecule has 2 aromatic heterocycles. The molecule has 1 aliphatic rings. The summed E-state index contributed by atoms with van der Waals surface area (Å²) in [5.41, 5.74) is 10.6. The third-order valence-electron chi connectivity index (χ3n) is 5.37. The van der Waals surface area contributed by atoms with Gasteiger partial charge in [0.2, 0.25) is 0 Å². The van der Waals surface area contributed by atoms with E-state index in [2.05, 4.69) is 46.4 Å². The molecule has 0 spiro atoms. The summed E-state index contributed by atoms with van der Waals surface area (Å²) in [6.45, 7) is 2.36. The lowest BCUT2D eigenvalue weighted by Gasteiger charge is -2.28. The van der Waals surface area contributed by atoms with Gasteiger partial charge in [-0.2, -0.15) is 0 Å². The Balaban J connectivity index is 0.000000858. The van der Waals surface area contributed by atoms with Crippen LogP contribution in [-0.2, 0) is 11.3 Å². The van der Waals surface area contributed by atoms with Crippen LogP contribution in [0.25, 0.3) is 10.2 Å². The van der Waals surface area contributed by atoms with Crippen LogP contribution < -0.4 is 11.1 Å². The smallest absolute Gasteiger partial charge is 0.290 e. The summed E-state index contributed by atoms with van der Waals surface area (Å²) in [6.07, 6.45) is 4.63. The number of hydrogen-bond acceptors (Lipinski definition) is 5. The molecule has 4 rings (SSSR count). The summed E-state index contributed by atoms with van der Waals surface area (Å²) in [7, 11) is 0. The maximum Gasteiger partial charge on any atom is 0.290 e. The average molecular weight is 456 g/mol. The lowest BCUT2D eigenvalue weighted by molar-refractivity contribution is -0.122. The molecule has 0 bridgehead atoms. The van der Waals surface area contributed by atoms with Crippen LogP contribution in [0.1, 0.15) is 54.5 Å². The number of fused-ring (bicyclic) bond motifs is 1. The van der Waals surface area contributed by atoms with Crippen LogP contribution in [0, 0.1) is 11.8 Å². The van der Waals surface area contributed by atoms with Crippen LogP contribution in [-0.4, -0.2) is 22.6 Å². The predicted octanol–water partition coefficient (Wildman–Crippen LogP) is 5.62. The molecule has 31 heavy (non-hydrogen) atoms. The minimum atomic E-state index is -0.250. The number of carbonyl (C=O) groups is 1. The molecule has 5 nitrogen and oxygen atoms in total. The van der Waals surface area contributed by atoms with E-state index < -0.39 is 0 Å². The Morgan fingerprint density at radius 2 is 2.03 bits per heavy atom. The lowest BCUT2D eigenvalue weighted by Crippen LogP contribution is -2.31. The van der Waals surface area contributed by atoms with Crippen LogP contribution in [0.15, 0.2) is 36.4 Å². The molecular weight excluding hydrogens is 430 g/mol. The third-order valence-corrected chi connectivity index (χ3v) is 6.91. The van der Waals surface area contributed by atoms with Crippen molar-refractivity contribution in [1.29, 1.82) is 0 Å². The standard InChI is InChI=1S/C23H24ClN3S.CH2O2/c1-2-8-17-21-23(28-22(17)16-11-6-7-12-18(16)25)19(13-20(24)27-21)26-14-15-9-4-3-5-10-15;2-1-3/h3-5,9-10,13,16,18H,6-7,11-12,14,25H2,1H3,(H,26,27);1H,(H,2,3)/t16-,18-;/m0./s1. The van der Waals surface area contributed by atoms with Crippen LogP contribution in [0.5, 0.6) is 0 Å². The Bertz CT molecular complexity index is 1090. The quantitative estimate of drug-likeness (QED) is 0.270. The largest absolute Gasteiger partial charge is 0.483 e. The van der Waals surface area contributed by atoms with Crippen molar-refractivity contribution in [2.75, 3.05) is 5.32 Å². The Hall–Kier alpha value is -2.59. The second kappa shape index (κ2) is 11.1. The molecular formula is C24H26ClN3O2S. The van der Waals surface area contributed by atoms with Gasteiger partial charge in [0.15, 0.2) is 0 Å². The maximum absolute atomic E-state index is 8.36. The van der Waals surface area contributed by atoms with Gasteiger partial charge in [0.25, 0.3) is 6.47 Å². The minimum Gasteiger partial charge on any atom is -0.483 e. The van der Waals surface area contributed by atoms with E-state index in [0.29, 0.717) is 11.1 Å². The number of pyridine rings is 1. The molecule has 0 radical (unpaired) electrons. The van der Waals surface area contributed by atoms with Gasteiger partial charge in [-0.3, -0.25) is 4.79 Å². The summed E-state index contributed by atoms with van der Waals surface area (Å²) in [4.78, 5) is 14.3. The Morgan fingerprint density at radius 1 is 1.32 bits per heavy atom. The summed E-state index contributed by atoms with van der Waals surface area (Å²) in [5.74, 6) is 6.72. The fraction of sp³-hybridized carbons (Fsp3) is 0.333. The van der Waals surface area contributed by atoms with Crippen LogP contribution in [0.3, 0.4) is 0 Å². The molecule has 1 aromatic carbocycles. The average Bonchev–Trinajstić information content (AvgIpc) is 3.12. The molecule has 0 amide bonds. The van der Waals surface area contributed by atoms with E-state index in [4.69, 9.17) is 27.2 Å². The van der Waals surface area contributed by atoms with Crippen LogP contribution in [0.4, 0.5) is 5.69 Å². The van der Waals surface area contributed by atoms with Gasteiger partial charge in [-0.15, -0.1) is 17.3 Å². The fourth-order valence-corrected chi connectivity index (χ4v) is 5.56. The zero-order valence-electron chi connectivity index (χ0n) is 17.4. The maximum atomic E-state index is 8.36. The number of halogens is 1. The normalized spacial score (nSPS) is 17.8. The number of carboxylic acid groups (broad SMARTS) is 1. The van der Waals surface area contributed by atoms with Gasteiger partial charge in [-0.1, -0.05) is 60.7 Å². The highest BCUT2D eigenvalue weighted by atomic mass is 35.5. The molecule has 2 atom stereocenters. The van der Waals surface area contributed by atoms with Crippen LogP contribution >= 0.6 is 22.9 Å². The number of anilines is 1. The first-order valence-electron chi connectivity index (χ1n) is 10.3. The molecule has 3 aromatic rings. The highest BCUT2D eigenvalue weighted by Gasteiger charge is 2.29. The summed E-state index contributed by atoms with van der Waals surface area (Å²) < 4.78 is 1.12. The molecule has 2 heterocycles. The van der Waals surface area contributed by atoms with Crippen molar-refractivity contribution in [2.45, 2.75) is 51.1 Å². The summed E-state index contributed by atoms with van der Waals surface area (Å²) in [5, 5.41) is 10.9. The van der Waals surface area contributed by atoms with Crippen LogP contribution in [0.2, 0.25) is 5.15 Å². The Morgan fingerprint density at radius 3 is 2.71 bits per heavy atom. The van der Waals surface area contributed by atoms with E-state index in [1.165, 1.54) is 23.3 Å². The number of thiophene rings is 1. The van der Waals surface area contributed by atoms with E-state index in [-0.39, 0.29) is 12.5 Å². The molecule has 4 N–H and O–H groups in total. The zero-order valence-corrected chi connectivity index (χ0v) is 19.0. The summed E-state index contributed by atoms with van der Waals surface area (Å²) in [6, 6.07) is 12.5. The van der Waals surface area contributed by atoms with Crippen molar-refractivity contribution in [3.8, 4) is 11.8 Å². The molecule has 1 aliphatic carbocycles. The van der Waals surface area contributed by atoms with E-state index in [1.807, 2.05) is 19.1 Å². The Kier molecular flexibility index (Phi) is 8.30. The number of nitrogens with one attached hydrogen (secondary N) is 1. The van der Waals surface area contributed by atoms with Crippen molar-refractivity contribution >= 4 is 45.3 Å². The number of nitrogens with zero attached hydrogens (tertiary/aromatic N) is 1. The fourth-order valence-electron chi connectivity index (χ4n) is 3.97. The molecule has 1 saturated carbocycles. The van der Waals surface area contributed by atoms with E-state index in [0.717, 1.165) is 40.9 Å². The molecule has 0 aliphatic heterocycles. The highest BCUT2D eigenvalue weighted by molar-refractivity contribution is 7.20. The molecule has 1 fully saturated rings. The number of hydrogen-bond donors (Lipinski definition) is 3. The summed E-state index contributed by atoms with van der Waals surface area (Å²) >= 11 is 8.16. The van der Waals surface area contributed by atoms with Gasteiger partial charge in [0, 0.05) is 29.4 Å². The molecule has 0 saturated heterocycles. The SMILES string of the molecule is CC#Cc1c([C@H]2CCCC[C@@H]2N)sc2c(NCc3ccccc3)cc(Cl)nc12.O=CO. The van der Waals surface area contributed by atoms with E-state index in [1.54, 1.807) is 11.3 Å². The lowest BCUT2D eigenvalue weighted by atomic mass is 9.83. The number of nitrogens with two attached hydrogens (primary N) is 1. The second-order valence-electron chi connectivity index (χ2n) is 7.39. The van der Waals surface area contributed by atoms with Crippen molar-refractivity contribution in [1.82, 2.24) is 4.98 Å². The van der Waals surface area contributed by atoms with Gasteiger partial charge in [-0.05, 0) is 25.3 Å². The second-order valence-corrected chi connectivity index (χ2v) is 8.83. The number of rotatable bonds is 4. The first-order valence-corrected chi connectivity index (χ1v) is 11.4. The predicted molar refractivity (Wildman–Crippen MR) is 129 cm³/mol. The molecule has 162 valence electrons. The van der Waals surface area contributed by atoms with Crippen molar-refractivity contribution in [3.05, 3.63) is 57.6 Å².